The van der Waals surface area contributed by atoms with E-state index in [1.54, 1.807) is 24.7 Å². The van der Waals surface area contributed by atoms with Crippen molar-refractivity contribution >= 4 is 0 Å². The van der Waals surface area contributed by atoms with Gasteiger partial charge < -0.3 is 4.42 Å². The van der Waals surface area contributed by atoms with Gasteiger partial charge in [-0.1, -0.05) is 0 Å². The maximum atomic E-state index is 4.47. The molecule has 0 saturated heterocycles. The van der Waals surface area contributed by atoms with E-state index in [0.29, 0.717) is 0 Å². The van der Waals surface area contributed by atoms with E-state index >= 15 is 0 Å². The van der Waals surface area contributed by atoms with Gasteiger partial charge in [0, 0.05) is 12.4 Å². The van der Waals surface area contributed by atoms with Crippen molar-refractivity contribution in [2.75, 3.05) is 0 Å². The summed E-state index contributed by atoms with van der Waals surface area (Å²) in [6.07, 6.45) is 9.35. The molecule has 0 saturated carbocycles. The maximum Gasteiger partial charge on any atom is 0.180 e. The van der Waals surface area contributed by atoms with Crippen molar-refractivity contribution in [2.45, 2.75) is 0 Å². The molecule has 2 rings (SSSR count). The Labute approximate surface area is 63.9 Å². The largest absolute Gasteiger partial charge is 0.452 e. The zero-order chi connectivity index (χ0) is 7.78. The maximum absolute atomic E-state index is 4.47. The first-order chi connectivity index (χ1) is 5.50. The fourth-order valence-electron chi connectivity index (χ4n) is 0.429. The molecule has 0 unspecified atom stereocenters. The second-order valence-corrected chi connectivity index (χ2v) is 1.58. The lowest BCUT2D eigenvalue weighted by atomic mass is 10.7. The summed E-state index contributed by atoms with van der Waals surface area (Å²) in [5.74, 6) is 0. The molecular formula is C7H7N3O. The summed E-state index contributed by atoms with van der Waals surface area (Å²) in [7, 11) is 0. The minimum atomic E-state index is 1.38. The normalized spacial score (nSPS) is 8.00. The third-order valence-corrected chi connectivity index (χ3v) is 0.825. The van der Waals surface area contributed by atoms with Crippen molar-refractivity contribution in [3.63, 3.8) is 0 Å². The molecule has 0 aromatic carbocycles. The molecule has 0 amide bonds. The van der Waals surface area contributed by atoms with Crippen molar-refractivity contribution in [3.8, 4) is 0 Å². The lowest BCUT2D eigenvalue weighted by molar-refractivity contribution is 0.558. The molecule has 11 heavy (non-hydrogen) atoms. The SMILES string of the molecule is c1cncnc1.c1cocn1. The van der Waals surface area contributed by atoms with Crippen LogP contribution in [0.2, 0.25) is 0 Å². The van der Waals surface area contributed by atoms with E-state index in [1.807, 2.05) is 0 Å². The van der Waals surface area contributed by atoms with Gasteiger partial charge in [0.2, 0.25) is 0 Å². The zero-order valence-electron chi connectivity index (χ0n) is 5.79. The molecular weight excluding hydrogens is 142 g/mol. The summed E-state index contributed by atoms with van der Waals surface area (Å²) >= 11 is 0. The van der Waals surface area contributed by atoms with Crippen molar-refractivity contribution < 1.29 is 4.42 Å². The predicted octanol–water partition coefficient (Wildman–Crippen LogP) is 1.15. The van der Waals surface area contributed by atoms with Gasteiger partial charge >= 0.3 is 0 Å². The van der Waals surface area contributed by atoms with E-state index in [0.717, 1.165) is 0 Å². The van der Waals surface area contributed by atoms with Crippen molar-refractivity contribution in [1.29, 1.82) is 0 Å². The van der Waals surface area contributed by atoms with Crippen LogP contribution in [0.25, 0.3) is 0 Å². The summed E-state index contributed by atoms with van der Waals surface area (Å²) in [6.45, 7) is 0. The van der Waals surface area contributed by atoms with Crippen LogP contribution in [-0.4, -0.2) is 15.0 Å². The first kappa shape index (κ1) is 7.40. The summed E-state index contributed by atoms with van der Waals surface area (Å²) in [6, 6.07) is 1.78. The number of nitrogens with zero attached hydrogens (tertiary/aromatic N) is 3. The van der Waals surface area contributed by atoms with Crippen LogP contribution in [0.4, 0.5) is 0 Å². The van der Waals surface area contributed by atoms with Crippen LogP contribution in [0.3, 0.4) is 0 Å². The highest BCUT2D eigenvalue weighted by Gasteiger charge is 1.59. The first-order valence-electron chi connectivity index (χ1n) is 3.02. The molecule has 0 radical (unpaired) electrons. The van der Waals surface area contributed by atoms with Gasteiger partial charge in [0.25, 0.3) is 0 Å². The molecule has 0 aliphatic rings. The molecule has 0 aliphatic heterocycles. The minimum Gasteiger partial charge on any atom is -0.452 e. The van der Waals surface area contributed by atoms with E-state index in [4.69, 9.17) is 0 Å². The highest BCUT2D eigenvalue weighted by atomic mass is 16.3. The van der Waals surface area contributed by atoms with Crippen LogP contribution in [-0.2, 0) is 0 Å². The monoisotopic (exact) mass is 149 g/mol. The fraction of sp³-hybridized carbons (Fsp3) is 0. The Morgan fingerprint density at radius 2 is 1.73 bits per heavy atom. The van der Waals surface area contributed by atoms with E-state index < -0.39 is 0 Å². The van der Waals surface area contributed by atoms with Gasteiger partial charge in [-0.25, -0.2) is 15.0 Å². The molecule has 0 bridgehead atoms. The molecule has 0 spiro atoms. The molecule has 4 heteroatoms. The summed E-state index contributed by atoms with van der Waals surface area (Å²) < 4.78 is 4.47. The zero-order valence-corrected chi connectivity index (χ0v) is 5.79. The van der Waals surface area contributed by atoms with Gasteiger partial charge in [0.05, 0.1) is 6.20 Å². The standard InChI is InChI=1S/C4H4N2.C3H3NO/c1-2-5-4-6-3-1;1-2-5-3-4-1/h1-4H;1-3H. The lowest BCUT2D eigenvalue weighted by Crippen LogP contribution is -1.66. The topological polar surface area (TPSA) is 51.8 Å². The number of hydrogen-bond donors (Lipinski definition) is 0. The Morgan fingerprint density at radius 1 is 0.909 bits per heavy atom. The second kappa shape index (κ2) is 5.10. The molecule has 2 heterocycles. The van der Waals surface area contributed by atoms with Gasteiger partial charge in [-0.15, -0.1) is 0 Å². The third-order valence-electron chi connectivity index (χ3n) is 0.825. The average molecular weight is 149 g/mol. The quantitative estimate of drug-likeness (QED) is 0.563. The molecule has 4 nitrogen and oxygen atoms in total. The van der Waals surface area contributed by atoms with Crippen LogP contribution in [0.15, 0.2) is 48.1 Å². The smallest absolute Gasteiger partial charge is 0.180 e. The highest BCUT2D eigenvalue weighted by Crippen LogP contribution is 1.72. The van der Waals surface area contributed by atoms with Crippen LogP contribution < -0.4 is 0 Å². The molecule has 2 aromatic heterocycles. The minimum absolute atomic E-state index is 1.38. The van der Waals surface area contributed by atoms with Crippen molar-refractivity contribution in [2.24, 2.45) is 0 Å². The average Bonchev–Trinajstić information content (AvgIpc) is 2.64. The van der Waals surface area contributed by atoms with E-state index in [1.165, 1.54) is 19.0 Å². The molecule has 0 aliphatic carbocycles. The van der Waals surface area contributed by atoms with Crippen LogP contribution in [0.1, 0.15) is 0 Å². The van der Waals surface area contributed by atoms with Gasteiger partial charge in [-0.3, -0.25) is 0 Å². The van der Waals surface area contributed by atoms with Crippen molar-refractivity contribution in [1.82, 2.24) is 15.0 Å². The Hall–Kier alpha value is -1.71. The Balaban J connectivity index is 0.000000112. The molecule has 2 aromatic rings. The molecule has 56 valence electrons. The second-order valence-electron chi connectivity index (χ2n) is 1.58. The summed E-state index contributed by atoms with van der Waals surface area (Å²) in [5.41, 5.74) is 0. The van der Waals surface area contributed by atoms with E-state index in [-0.39, 0.29) is 0 Å². The highest BCUT2D eigenvalue weighted by molar-refractivity contribution is 4.74. The Morgan fingerprint density at radius 3 is 1.91 bits per heavy atom. The van der Waals surface area contributed by atoms with Gasteiger partial charge in [0.1, 0.15) is 12.6 Å². The number of aromatic nitrogens is 3. The summed E-state index contributed by atoms with van der Waals surface area (Å²) in [5, 5.41) is 0. The first-order valence-corrected chi connectivity index (χ1v) is 3.02. The third kappa shape index (κ3) is 3.80. The number of hydrogen-bond acceptors (Lipinski definition) is 4. The van der Waals surface area contributed by atoms with Gasteiger partial charge in [0.15, 0.2) is 6.39 Å². The molecule has 0 fully saturated rings. The fourth-order valence-corrected chi connectivity index (χ4v) is 0.429. The van der Waals surface area contributed by atoms with Gasteiger partial charge in [-0.2, -0.15) is 0 Å². The van der Waals surface area contributed by atoms with Gasteiger partial charge in [-0.05, 0) is 6.07 Å². The van der Waals surface area contributed by atoms with E-state index in [2.05, 4.69) is 19.4 Å². The number of oxazole rings is 1. The lowest BCUT2D eigenvalue weighted by Gasteiger charge is -1.70. The van der Waals surface area contributed by atoms with Crippen LogP contribution in [0.5, 0.6) is 0 Å². The molecule has 0 N–H and O–H groups in total. The van der Waals surface area contributed by atoms with Crippen LogP contribution >= 0.6 is 0 Å². The number of rotatable bonds is 0. The Bertz CT molecular complexity index is 200. The molecule has 0 atom stereocenters. The van der Waals surface area contributed by atoms with E-state index in [9.17, 15) is 0 Å². The predicted molar refractivity (Wildman–Crippen MR) is 38.5 cm³/mol. The summed E-state index contributed by atoms with van der Waals surface area (Å²) in [4.78, 5) is 10.9. The van der Waals surface area contributed by atoms with Crippen molar-refractivity contribution in [3.05, 3.63) is 43.6 Å². The Kier molecular flexibility index (Phi) is 3.43. The van der Waals surface area contributed by atoms with Crippen LogP contribution in [0, 0.1) is 0 Å².